The molecule has 2 aromatic carbocycles. The molecule has 0 aromatic heterocycles. The third kappa shape index (κ3) is 6.27. The molecule has 26 heteroatoms. The second kappa shape index (κ2) is 15.4. The van der Waals surface area contributed by atoms with E-state index < -0.39 is 230 Å². The van der Waals surface area contributed by atoms with Crippen LogP contribution in [0.25, 0.3) is 0 Å². The van der Waals surface area contributed by atoms with Gasteiger partial charge in [0.25, 0.3) is 0 Å². The zero-order valence-electron chi connectivity index (χ0n) is 33.5. The van der Waals surface area contributed by atoms with Crippen molar-refractivity contribution >= 4 is 29.8 Å². The first kappa shape index (κ1) is 44.9. The van der Waals surface area contributed by atoms with Gasteiger partial charge in [0.1, 0.15) is 48.6 Å². The molecule has 8 bridgehead atoms. The predicted octanol–water partition coefficient (Wildman–Crippen LogP) is -2.63. The first-order valence-electron chi connectivity index (χ1n) is 20.1. The lowest BCUT2D eigenvalue weighted by atomic mass is 9.63. The molecule has 1 fully saturated rings. The van der Waals surface area contributed by atoms with Crippen LogP contribution in [-0.2, 0) is 38.1 Å². The molecule has 0 amide bonds. The van der Waals surface area contributed by atoms with E-state index in [0.29, 0.717) is 12.1 Å². The monoisotopic (exact) mass is 946 g/mol. The topological polar surface area (TPSA) is 455 Å². The van der Waals surface area contributed by atoms with Crippen molar-refractivity contribution in [3.63, 3.8) is 0 Å². The fourth-order valence-electron chi connectivity index (χ4n) is 10.3. The van der Waals surface area contributed by atoms with Gasteiger partial charge in [0.2, 0.25) is 11.5 Å². The Morgan fingerprint density at radius 2 is 1.15 bits per heavy atom. The van der Waals surface area contributed by atoms with Gasteiger partial charge >= 0.3 is 29.8 Å². The lowest BCUT2D eigenvalue weighted by Gasteiger charge is -2.50. The quantitative estimate of drug-likeness (QED) is 0.0730. The van der Waals surface area contributed by atoms with Gasteiger partial charge in [-0.05, 0) is 12.5 Å². The van der Waals surface area contributed by atoms with Crippen molar-refractivity contribution in [3.05, 3.63) is 68.6 Å². The molecular weight excluding hydrogens is 908 g/mol. The molecule has 0 saturated carbocycles. The average Bonchev–Trinajstić information content (AvgIpc) is 3.29. The number of hydrogen-bond acceptors (Lipinski definition) is 26. The van der Waals surface area contributed by atoms with Crippen molar-refractivity contribution in [2.45, 2.75) is 85.2 Å². The molecular formula is C41H38O26. The van der Waals surface area contributed by atoms with Crippen LogP contribution in [0, 0.1) is 17.8 Å². The molecule has 5 aliphatic heterocycles. The second-order valence-electron chi connectivity index (χ2n) is 17.0. The molecule has 3 aliphatic carbocycles. The number of allylic oxidation sites excluding steroid dienone is 2. The highest BCUT2D eigenvalue weighted by atomic mass is 16.6. The first-order chi connectivity index (χ1) is 31.5. The zero-order valence-corrected chi connectivity index (χ0v) is 33.5. The minimum Gasteiger partial charge on any atom is -0.508 e. The summed E-state index contributed by atoms with van der Waals surface area (Å²) in [4.78, 5) is 72.5. The molecule has 0 radical (unpaired) electrons. The van der Waals surface area contributed by atoms with E-state index in [2.05, 4.69) is 0 Å². The van der Waals surface area contributed by atoms with Crippen molar-refractivity contribution in [3.8, 4) is 34.5 Å². The molecule has 10 rings (SSSR count). The Morgan fingerprint density at radius 3 is 1.84 bits per heavy atom. The minimum atomic E-state index is -2.70. The Bertz CT molecular complexity index is 2670. The number of phenolic OH excluding ortho intramolecular Hbond substituents is 6. The highest BCUT2D eigenvalue weighted by Gasteiger charge is 2.64. The van der Waals surface area contributed by atoms with Gasteiger partial charge in [0.15, 0.2) is 58.9 Å². The maximum atomic E-state index is 15.0. The normalized spacial score (nSPS) is 37.1. The number of hydrogen-bond donors (Lipinski definition) is 16. The van der Waals surface area contributed by atoms with Gasteiger partial charge in [-0.3, -0.25) is 9.59 Å². The molecule has 8 aliphatic rings. The Hall–Kier alpha value is -7.23. The number of aromatic hydroxyl groups is 6. The van der Waals surface area contributed by atoms with Gasteiger partial charge in [-0.25, -0.2) is 14.4 Å². The van der Waals surface area contributed by atoms with E-state index in [1.165, 1.54) is 0 Å². The molecule has 0 spiro atoms. The lowest BCUT2D eigenvalue weighted by Crippen LogP contribution is -2.65. The van der Waals surface area contributed by atoms with Crippen LogP contribution < -0.4 is 0 Å². The van der Waals surface area contributed by atoms with Gasteiger partial charge < -0.3 is 105 Å². The summed E-state index contributed by atoms with van der Waals surface area (Å²) < 4.78 is 28.3. The lowest BCUT2D eigenvalue weighted by molar-refractivity contribution is -0.224. The summed E-state index contributed by atoms with van der Waals surface area (Å²) in [5.41, 5.74) is -6.56. The van der Waals surface area contributed by atoms with Gasteiger partial charge in [-0.2, -0.15) is 0 Å². The standard InChI is InChI=1S/C41H38O26/c42-9-2-6-13(24(48)22(9)46)14-7(3-10(43)23(47)25(14)49)38(59)65-34-11(4-63-37(6)58)64-39(60)8-1-5(20(44)31(55)21(8)45)12-17-15(27(51)32(56)26(12)50)16-18-19(29(53)33(57)28(16)52)30(54)35(66-41(18)62)36(34)67-40(17)61/h1,3,5-6,9,11,13,16,18-21,29-31,34-36,42-57H,2,4H2/t5-,6?,9+,11?,13+,16-,18?,19+,20?,21-,29+,30+,31+,34?,35?,36?/m0/s1. The largest absolute Gasteiger partial charge is 0.508 e. The van der Waals surface area contributed by atoms with Crippen LogP contribution in [-0.4, -0.2) is 179 Å². The van der Waals surface area contributed by atoms with Gasteiger partial charge in [0.05, 0.1) is 46.5 Å². The van der Waals surface area contributed by atoms with Gasteiger partial charge in [0, 0.05) is 28.5 Å². The number of aliphatic hydroxyl groups is 10. The Labute approximate surface area is 371 Å². The molecule has 16 N–H and O–H groups in total. The smallest absolute Gasteiger partial charge is 0.339 e. The molecule has 7 unspecified atom stereocenters. The summed E-state index contributed by atoms with van der Waals surface area (Å²) in [6.07, 6.45) is -24.8. The van der Waals surface area contributed by atoms with Crippen molar-refractivity contribution in [1.29, 1.82) is 0 Å². The van der Waals surface area contributed by atoms with E-state index in [9.17, 15) is 101 Å². The molecule has 358 valence electrons. The predicted molar refractivity (Wildman–Crippen MR) is 204 cm³/mol. The minimum absolute atomic E-state index is 0.412. The number of aliphatic hydroxyl groups excluding tert-OH is 10. The summed E-state index contributed by atoms with van der Waals surface area (Å²) in [6.45, 7) is -1.40. The maximum absolute atomic E-state index is 15.0. The van der Waals surface area contributed by atoms with Gasteiger partial charge in [-0.1, -0.05) is 6.08 Å². The number of fused-ring (bicyclic) bond motifs is 7. The summed E-state index contributed by atoms with van der Waals surface area (Å²) in [7, 11) is 0. The SMILES string of the molecule is O=C1OC2COC(=O)C3C[C@@H](O)C(O)=C(O)[C@H]3c3c(cc(O)c(O)c3O)C(=O)OC2C2OC(=O)c3c(c(O)c(O)c(O)c3[C@@H]3C(O)=C(O)[C@H](O)[C@H]4C3C(=O)OC2[C@@H]4O)[C@@H]2C=C1[C@H](O)[C@H](O)C2O. The van der Waals surface area contributed by atoms with Crippen molar-refractivity contribution in [2.75, 3.05) is 6.61 Å². The molecule has 5 heterocycles. The summed E-state index contributed by atoms with van der Waals surface area (Å²) >= 11 is 0. The highest BCUT2D eigenvalue weighted by Crippen LogP contribution is 2.58. The second-order valence-corrected chi connectivity index (χ2v) is 17.0. The van der Waals surface area contributed by atoms with Crippen LogP contribution in [0.15, 0.2) is 40.8 Å². The average molecular weight is 947 g/mol. The van der Waals surface area contributed by atoms with E-state index in [0.717, 1.165) is 0 Å². The zero-order chi connectivity index (χ0) is 48.7. The molecule has 2 aromatic rings. The number of rotatable bonds is 0. The van der Waals surface area contributed by atoms with Crippen LogP contribution in [0.1, 0.15) is 61.6 Å². The maximum Gasteiger partial charge on any atom is 0.339 e. The molecule has 16 atom stereocenters. The first-order valence-corrected chi connectivity index (χ1v) is 20.1. The third-order valence-corrected chi connectivity index (χ3v) is 13.6. The van der Waals surface area contributed by atoms with E-state index >= 15 is 4.79 Å². The Morgan fingerprint density at radius 1 is 0.522 bits per heavy atom. The Balaban J connectivity index is 1.37. The van der Waals surface area contributed by atoms with Crippen LogP contribution >= 0.6 is 0 Å². The Kier molecular flexibility index (Phi) is 10.3. The number of benzene rings is 2. The van der Waals surface area contributed by atoms with Crippen LogP contribution in [0.5, 0.6) is 34.5 Å². The summed E-state index contributed by atoms with van der Waals surface area (Å²) in [5.74, 6) is -35.4. The fourth-order valence-corrected chi connectivity index (χ4v) is 10.3. The number of carbonyl (C=O) groups is 5. The van der Waals surface area contributed by atoms with E-state index in [4.69, 9.17) is 23.7 Å². The number of phenols is 6. The number of esters is 5. The van der Waals surface area contributed by atoms with Crippen LogP contribution in [0.3, 0.4) is 0 Å². The number of cyclic esters (lactones) is 1. The van der Waals surface area contributed by atoms with E-state index in [1.807, 2.05) is 0 Å². The molecule has 1 saturated heterocycles. The van der Waals surface area contributed by atoms with Crippen molar-refractivity contribution < 1.29 is 129 Å². The summed E-state index contributed by atoms with van der Waals surface area (Å²) in [5, 5.41) is 179. The van der Waals surface area contributed by atoms with Crippen LogP contribution in [0.4, 0.5) is 0 Å². The van der Waals surface area contributed by atoms with Gasteiger partial charge in [-0.15, -0.1) is 0 Å². The van der Waals surface area contributed by atoms with Crippen molar-refractivity contribution in [2.24, 2.45) is 17.8 Å². The van der Waals surface area contributed by atoms with Crippen molar-refractivity contribution in [1.82, 2.24) is 0 Å². The van der Waals surface area contributed by atoms with Crippen LogP contribution in [0.2, 0.25) is 0 Å². The van der Waals surface area contributed by atoms with E-state index in [-0.39, 0.29) is 0 Å². The third-order valence-electron chi connectivity index (χ3n) is 13.6. The number of carbonyl (C=O) groups excluding carboxylic acids is 5. The molecule has 67 heavy (non-hydrogen) atoms. The van der Waals surface area contributed by atoms with E-state index in [1.54, 1.807) is 0 Å². The number of ether oxygens (including phenoxy) is 5. The summed E-state index contributed by atoms with van der Waals surface area (Å²) in [6, 6.07) is 0.412. The molecule has 26 nitrogen and oxygen atoms in total. The fraction of sp³-hybridized carbons (Fsp3) is 0.439. The highest BCUT2D eigenvalue weighted by molar-refractivity contribution is 5.99.